The highest BCUT2D eigenvalue weighted by Gasteiger charge is 2.21. The first-order valence-corrected chi connectivity index (χ1v) is 9.01. The van der Waals surface area contributed by atoms with Gasteiger partial charge in [0.1, 0.15) is 10.8 Å². The van der Waals surface area contributed by atoms with Crippen LogP contribution in [-0.2, 0) is 11.3 Å². The molecule has 5 nitrogen and oxygen atoms in total. The van der Waals surface area contributed by atoms with E-state index >= 15 is 0 Å². The van der Waals surface area contributed by atoms with Gasteiger partial charge in [-0.05, 0) is 18.6 Å². The first-order valence-electron chi connectivity index (χ1n) is 8.13. The fourth-order valence-corrected chi connectivity index (χ4v) is 3.13. The standard InChI is InChI=1S/C18H21FN2O3S/c1-3-4-7-10-21(17(22)13-8-5-6-9-14(13)19)11-16-20-15(12-25-16)18(23)24-2/h5-6,8-9,12H,3-4,7,10-11H2,1-2H3. The third kappa shape index (κ3) is 5.09. The van der Waals surface area contributed by atoms with Crippen LogP contribution in [0, 0.1) is 5.82 Å². The molecule has 7 heteroatoms. The van der Waals surface area contributed by atoms with Crippen LogP contribution in [0.1, 0.15) is 52.0 Å². The quantitative estimate of drug-likeness (QED) is 0.526. The molecule has 2 aromatic rings. The lowest BCUT2D eigenvalue weighted by atomic mass is 10.1. The Kier molecular flexibility index (Phi) is 7.06. The van der Waals surface area contributed by atoms with Crippen molar-refractivity contribution < 1.29 is 18.7 Å². The van der Waals surface area contributed by atoms with Gasteiger partial charge in [0, 0.05) is 11.9 Å². The number of ether oxygens (including phenoxy) is 1. The van der Waals surface area contributed by atoms with Crippen LogP contribution in [0.2, 0.25) is 0 Å². The van der Waals surface area contributed by atoms with Gasteiger partial charge < -0.3 is 9.64 Å². The summed E-state index contributed by atoms with van der Waals surface area (Å²) in [5.41, 5.74) is 0.262. The average Bonchev–Trinajstić information content (AvgIpc) is 3.09. The molecule has 0 aliphatic heterocycles. The number of rotatable bonds is 8. The first kappa shape index (κ1) is 19.1. The zero-order chi connectivity index (χ0) is 18.2. The van der Waals surface area contributed by atoms with Gasteiger partial charge in [-0.1, -0.05) is 31.9 Å². The number of unbranched alkanes of at least 4 members (excludes halogenated alkanes) is 2. The Morgan fingerprint density at radius 1 is 1.28 bits per heavy atom. The molecule has 0 aliphatic rings. The van der Waals surface area contributed by atoms with E-state index in [4.69, 9.17) is 0 Å². The van der Waals surface area contributed by atoms with Crippen LogP contribution in [-0.4, -0.2) is 35.4 Å². The minimum Gasteiger partial charge on any atom is -0.464 e. The fraction of sp³-hybridized carbons (Fsp3) is 0.389. The van der Waals surface area contributed by atoms with Crippen molar-refractivity contribution in [1.82, 2.24) is 9.88 Å². The number of hydrogen-bond acceptors (Lipinski definition) is 5. The zero-order valence-corrected chi connectivity index (χ0v) is 15.1. The van der Waals surface area contributed by atoms with E-state index in [1.165, 1.54) is 30.6 Å². The van der Waals surface area contributed by atoms with E-state index in [9.17, 15) is 14.0 Å². The van der Waals surface area contributed by atoms with Crippen molar-refractivity contribution in [3.8, 4) is 0 Å². The van der Waals surface area contributed by atoms with Crippen molar-refractivity contribution in [3.05, 3.63) is 51.7 Å². The zero-order valence-electron chi connectivity index (χ0n) is 14.3. The van der Waals surface area contributed by atoms with Crippen LogP contribution in [0.5, 0.6) is 0 Å². The van der Waals surface area contributed by atoms with Gasteiger partial charge in [0.05, 0.1) is 19.2 Å². The smallest absolute Gasteiger partial charge is 0.357 e. The van der Waals surface area contributed by atoms with Crippen molar-refractivity contribution in [1.29, 1.82) is 0 Å². The van der Waals surface area contributed by atoms with Gasteiger partial charge in [0.2, 0.25) is 0 Å². The predicted molar refractivity (Wildman–Crippen MR) is 94.1 cm³/mol. The van der Waals surface area contributed by atoms with Gasteiger partial charge in [0.15, 0.2) is 5.69 Å². The lowest BCUT2D eigenvalue weighted by molar-refractivity contribution is 0.0594. The normalized spacial score (nSPS) is 10.5. The molecule has 0 bridgehead atoms. The number of nitrogens with zero attached hydrogens (tertiary/aromatic N) is 2. The third-order valence-electron chi connectivity index (χ3n) is 3.70. The molecule has 1 heterocycles. The number of hydrogen-bond donors (Lipinski definition) is 0. The summed E-state index contributed by atoms with van der Waals surface area (Å²) in [7, 11) is 1.29. The number of amides is 1. The molecule has 1 amide bonds. The van der Waals surface area contributed by atoms with Gasteiger partial charge in [-0.15, -0.1) is 11.3 Å². The van der Waals surface area contributed by atoms with Gasteiger partial charge >= 0.3 is 5.97 Å². The summed E-state index contributed by atoms with van der Waals surface area (Å²) in [5.74, 6) is -1.42. The largest absolute Gasteiger partial charge is 0.464 e. The Balaban J connectivity index is 2.17. The molecule has 0 fully saturated rings. The van der Waals surface area contributed by atoms with Crippen molar-refractivity contribution in [2.24, 2.45) is 0 Å². The molecule has 1 aromatic heterocycles. The van der Waals surface area contributed by atoms with E-state index in [-0.39, 0.29) is 23.7 Å². The lowest BCUT2D eigenvalue weighted by Gasteiger charge is -2.22. The van der Waals surface area contributed by atoms with Gasteiger partial charge in [-0.25, -0.2) is 14.2 Å². The second-order valence-electron chi connectivity index (χ2n) is 5.53. The summed E-state index contributed by atoms with van der Waals surface area (Å²) in [6, 6.07) is 5.94. The summed E-state index contributed by atoms with van der Waals surface area (Å²) in [5, 5.41) is 2.21. The summed E-state index contributed by atoms with van der Waals surface area (Å²) in [4.78, 5) is 30.0. The highest BCUT2D eigenvalue weighted by molar-refractivity contribution is 7.09. The summed E-state index contributed by atoms with van der Waals surface area (Å²) in [6.45, 7) is 2.82. The first-order chi connectivity index (χ1) is 12.1. The monoisotopic (exact) mass is 364 g/mol. The molecule has 134 valence electrons. The Hall–Kier alpha value is -2.28. The molecule has 2 rings (SSSR count). The van der Waals surface area contributed by atoms with Crippen LogP contribution in [0.4, 0.5) is 4.39 Å². The van der Waals surface area contributed by atoms with E-state index < -0.39 is 11.8 Å². The predicted octanol–water partition coefficient (Wildman–Crippen LogP) is 3.90. The number of aromatic nitrogens is 1. The minimum atomic E-state index is -0.539. The van der Waals surface area contributed by atoms with Crippen molar-refractivity contribution in [2.45, 2.75) is 32.7 Å². The Morgan fingerprint density at radius 3 is 2.72 bits per heavy atom. The van der Waals surface area contributed by atoms with E-state index in [2.05, 4.69) is 16.6 Å². The molecule has 0 N–H and O–H groups in total. The number of carbonyl (C=O) groups is 2. The number of esters is 1. The fourth-order valence-electron chi connectivity index (χ4n) is 2.36. The van der Waals surface area contributed by atoms with Crippen LogP contribution in [0.25, 0.3) is 0 Å². The molecular formula is C18H21FN2O3S. The maximum Gasteiger partial charge on any atom is 0.357 e. The molecule has 0 radical (unpaired) electrons. The molecule has 0 atom stereocenters. The molecule has 25 heavy (non-hydrogen) atoms. The highest BCUT2D eigenvalue weighted by atomic mass is 32.1. The van der Waals surface area contributed by atoms with Crippen molar-refractivity contribution in [3.63, 3.8) is 0 Å². The minimum absolute atomic E-state index is 0.0451. The highest BCUT2D eigenvalue weighted by Crippen LogP contribution is 2.17. The molecule has 0 saturated carbocycles. The number of benzene rings is 1. The topological polar surface area (TPSA) is 59.5 Å². The van der Waals surface area contributed by atoms with Gasteiger partial charge in [-0.3, -0.25) is 4.79 Å². The Morgan fingerprint density at radius 2 is 2.04 bits per heavy atom. The third-order valence-corrected chi connectivity index (χ3v) is 4.53. The van der Waals surface area contributed by atoms with Crippen molar-refractivity contribution in [2.75, 3.05) is 13.7 Å². The second kappa shape index (κ2) is 9.27. The molecule has 0 spiro atoms. The van der Waals surface area contributed by atoms with Crippen LogP contribution < -0.4 is 0 Å². The Labute approximate surface area is 150 Å². The van der Waals surface area contributed by atoms with Crippen LogP contribution in [0.15, 0.2) is 29.6 Å². The summed E-state index contributed by atoms with van der Waals surface area (Å²) >= 11 is 1.28. The maximum atomic E-state index is 14.0. The van der Waals surface area contributed by atoms with Gasteiger partial charge in [0.25, 0.3) is 5.91 Å². The summed E-state index contributed by atoms with van der Waals surface area (Å²) < 4.78 is 18.6. The van der Waals surface area contributed by atoms with E-state index in [0.29, 0.717) is 11.6 Å². The Bertz CT molecular complexity index is 733. The van der Waals surface area contributed by atoms with E-state index in [0.717, 1.165) is 19.3 Å². The molecular weight excluding hydrogens is 343 g/mol. The number of thiazole rings is 1. The van der Waals surface area contributed by atoms with E-state index in [1.54, 1.807) is 22.4 Å². The molecule has 0 aliphatic carbocycles. The average molecular weight is 364 g/mol. The molecule has 1 aromatic carbocycles. The van der Waals surface area contributed by atoms with Crippen molar-refractivity contribution >= 4 is 23.2 Å². The molecule has 0 unspecified atom stereocenters. The second-order valence-corrected chi connectivity index (χ2v) is 6.47. The van der Waals surface area contributed by atoms with Gasteiger partial charge in [-0.2, -0.15) is 0 Å². The molecule has 0 saturated heterocycles. The summed E-state index contributed by atoms with van der Waals surface area (Å²) in [6.07, 6.45) is 2.82. The number of methoxy groups -OCH3 is 1. The van der Waals surface area contributed by atoms with Crippen LogP contribution >= 0.6 is 11.3 Å². The number of carbonyl (C=O) groups excluding carboxylic acids is 2. The van der Waals surface area contributed by atoms with Crippen LogP contribution in [0.3, 0.4) is 0 Å². The van der Waals surface area contributed by atoms with E-state index in [1.807, 2.05) is 0 Å². The maximum absolute atomic E-state index is 14.0. The number of halogens is 1. The SMILES string of the molecule is CCCCCN(Cc1nc(C(=O)OC)cs1)C(=O)c1ccccc1F. The lowest BCUT2D eigenvalue weighted by Crippen LogP contribution is -2.32.